The average Bonchev–Trinajstić information content (AvgIpc) is 2.25. The molecule has 0 radical (unpaired) electrons. The monoisotopic (exact) mass is 201 g/mol. The van der Waals surface area contributed by atoms with E-state index in [1.807, 2.05) is 13.0 Å². The van der Waals surface area contributed by atoms with Gasteiger partial charge in [0.1, 0.15) is 12.9 Å². The molecule has 0 saturated carbocycles. The van der Waals surface area contributed by atoms with Gasteiger partial charge in [0.15, 0.2) is 0 Å². The molecule has 1 rings (SSSR count). The highest BCUT2D eigenvalue weighted by molar-refractivity contribution is 5.76. The van der Waals surface area contributed by atoms with Gasteiger partial charge in [0, 0.05) is 5.57 Å². The molecule has 0 heterocycles. The Morgan fingerprint density at radius 3 is 3.00 bits per heavy atom. The maximum Gasteiger partial charge on any atom is 0.146 e. The van der Waals surface area contributed by atoms with Crippen molar-refractivity contribution in [3.63, 3.8) is 0 Å². The van der Waals surface area contributed by atoms with Crippen LogP contribution in [0.25, 0.3) is 0 Å². The number of nitrogens with zero attached hydrogens (tertiary/aromatic N) is 1. The fourth-order valence-corrected chi connectivity index (χ4v) is 1.57. The maximum atomic E-state index is 10.7. The maximum absolute atomic E-state index is 10.7. The minimum absolute atomic E-state index is 0.217. The fraction of sp³-hybridized carbons (Fsp3) is 0.333. The molecule has 0 fully saturated rings. The molecule has 1 N–H and O–H groups in total. The van der Waals surface area contributed by atoms with Gasteiger partial charge in [-0.25, -0.2) is 0 Å². The van der Waals surface area contributed by atoms with Gasteiger partial charge < -0.3 is 5.11 Å². The Hall–Kier alpha value is -1.84. The number of hydrogen-bond donors (Lipinski definition) is 1. The quantitative estimate of drug-likeness (QED) is 0.508. The largest absolute Gasteiger partial charge is 0.384 e. The van der Waals surface area contributed by atoms with Crippen molar-refractivity contribution in [1.82, 2.24) is 0 Å². The van der Waals surface area contributed by atoms with Crippen LogP contribution in [-0.2, 0) is 4.79 Å². The molecule has 0 aromatic heterocycles. The second-order valence-corrected chi connectivity index (χ2v) is 3.60. The number of allylic oxidation sites excluding steroid dienone is 4. The molecule has 0 amide bonds. The lowest BCUT2D eigenvalue weighted by molar-refractivity contribution is -0.105. The molecule has 1 aliphatic rings. The van der Waals surface area contributed by atoms with Crippen molar-refractivity contribution in [3.8, 4) is 17.9 Å². The number of aliphatic hydroxyl groups is 1. The highest BCUT2D eigenvalue weighted by Crippen LogP contribution is 2.32. The average molecular weight is 201 g/mol. The molecule has 0 spiro atoms. The van der Waals surface area contributed by atoms with E-state index in [1.54, 1.807) is 12.2 Å². The molecular formula is C12H11NO2. The van der Waals surface area contributed by atoms with Crippen LogP contribution in [0.5, 0.6) is 0 Å². The van der Waals surface area contributed by atoms with E-state index in [0.29, 0.717) is 17.6 Å². The van der Waals surface area contributed by atoms with E-state index < -0.39 is 5.41 Å². The molecule has 1 atom stereocenters. The molecule has 0 aliphatic heterocycles. The molecule has 0 aromatic carbocycles. The minimum atomic E-state index is -0.529. The number of aldehydes is 1. The fourth-order valence-electron chi connectivity index (χ4n) is 1.57. The number of carbonyl (C=O) groups excluding carboxylic acids is 1. The number of rotatable bonds is 1. The Kier molecular flexibility index (Phi) is 3.44. The van der Waals surface area contributed by atoms with Crippen molar-refractivity contribution in [2.45, 2.75) is 13.3 Å². The molecule has 0 bridgehead atoms. The number of hydrogen-bond acceptors (Lipinski definition) is 3. The van der Waals surface area contributed by atoms with Crippen LogP contribution in [-0.4, -0.2) is 18.0 Å². The number of aliphatic hydroxyl groups excluding tert-OH is 1. The molecule has 0 saturated heterocycles. The first kappa shape index (κ1) is 11.2. The summed E-state index contributed by atoms with van der Waals surface area (Å²) in [4.78, 5) is 10.7. The first-order chi connectivity index (χ1) is 7.13. The van der Waals surface area contributed by atoms with Crippen molar-refractivity contribution in [1.29, 1.82) is 5.26 Å². The summed E-state index contributed by atoms with van der Waals surface area (Å²) in [5.74, 6) is 5.41. The Bertz CT molecular complexity index is 429. The summed E-state index contributed by atoms with van der Waals surface area (Å²) in [5, 5.41) is 17.4. The van der Waals surface area contributed by atoms with Crippen LogP contribution in [0.4, 0.5) is 0 Å². The van der Waals surface area contributed by atoms with Crippen molar-refractivity contribution in [2.24, 2.45) is 5.41 Å². The molecule has 76 valence electrons. The van der Waals surface area contributed by atoms with Crippen LogP contribution in [0.1, 0.15) is 13.3 Å². The zero-order chi connectivity index (χ0) is 11.3. The van der Waals surface area contributed by atoms with Gasteiger partial charge in [0.25, 0.3) is 0 Å². The number of nitriles is 1. The highest BCUT2D eigenvalue weighted by Gasteiger charge is 2.24. The topological polar surface area (TPSA) is 61.1 Å². The summed E-state index contributed by atoms with van der Waals surface area (Å²) in [6.45, 7) is 1.62. The van der Waals surface area contributed by atoms with Gasteiger partial charge in [-0.3, -0.25) is 4.79 Å². The second kappa shape index (κ2) is 4.59. The van der Waals surface area contributed by atoms with Crippen molar-refractivity contribution >= 4 is 6.29 Å². The Morgan fingerprint density at radius 1 is 1.73 bits per heavy atom. The highest BCUT2D eigenvalue weighted by atomic mass is 16.2. The predicted molar refractivity (Wildman–Crippen MR) is 55.4 cm³/mol. The van der Waals surface area contributed by atoms with Crippen LogP contribution in [0.15, 0.2) is 23.3 Å². The number of carbonyl (C=O) groups is 1. The van der Waals surface area contributed by atoms with E-state index in [2.05, 4.69) is 11.8 Å². The van der Waals surface area contributed by atoms with Crippen LogP contribution >= 0.6 is 0 Å². The minimum Gasteiger partial charge on any atom is -0.384 e. The predicted octanol–water partition coefficient (Wildman–Crippen LogP) is 0.967. The van der Waals surface area contributed by atoms with Gasteiger partial charge in [-0.1, -0.05) is 11.8 Å². The van der Waals surface area contributed by atoms with Crippen molar-refractivity contribution < 1.29 is 9.90 Å². The molecule has 1 unspecified atom stereocenters. The third-order valence-corrected chi connectivity index (χ3v) is 2.12. The van der Waals surface area contributed by atoms with Crippen LogP contribution in [0, 0.1) is 28.6 Å². The van der Waals surface area contributed by atoms with Gasteiger partial charge >= 0.3 is 0 Å². The summed E-state index contributed by atoms with van der Waals surface area (Å²) in [6.07, 6.45) is 4.51. The summed E-state index contributed by atoms with van der Waals surface area (Å²) < 4.78 is 0. The summed E-state index contributed by atoms with van der Waals surface area (Å²) in [6, 6.07) is 2.00. The lowest BCUT2D eigenvalue weighted by Crippen LogP contribution is -2.16. The zero-order valence-electron chi connectivity index (χ0n) is 8.45. The van der Waals surface area contributed by atoms with Crippen LogP contribution < -0.4 is 0 Å². The standard InChI is InChI=1S/C12H11NO2/c1-12(3-2-4-14)6-10(8-13)5-11(7-12)9-15/h5-6,9,14H,4,7H2,1H3. The van der Waals surface area contributed by atoms with Gasteiger partial charge in [0.05, 0.1) is 11.5 Å². The zero-order valence-corrected chi connectivity index (χ0v) is 8.45. The van der Waals surface area contributed by atoms with E-state index in [1.165, 1.54) is 0 Å². The van der Waals surface area contributed by atoms with E-state index >= 15 is 0 Å². The van der Waals surface area contributed by atoms with E-state index in [0.717, 1.165) is 6.29 Å². The lowest BCUT2D eigenvalue weighted by Gasteiger charge is -2.23. The van der Waals surface area contributed by atoms with Crippen molar-refractivity contribution in [2.75, 3.05) is 6.61 Å². The SMILES string of the molecule is CC1(C#CCO)C=C(C#N)C=C(C=O)C1. The molecule has 0 aromatic rings. The van der Waals surface area contributed by atoms with Crippen molar-refractivity contribution in [3.05, 3.63) is 23.3 Å². The smallest absolute Gasteiger partial charge is 0.146 e. The summed E-state index contributed by atoms with van der Waals surface area (Å²) >= 11 is 0. The van der Waals surface area contributed by atoms with E-state index in [9.17, 15) is 4.79 Å². The first-order valence-corrected chi connectivity index (χ1v) is 4.53. The van der Waals surface area contributed by atoms with Crippen LogP contribution in [0.2, 0.25) is 0 Å². The van der Waals surface area contributed by atoms with Gasteiger partial charge in [0.2, 0.25) is 0 Å². The van der Waals surface area contributed by atoms with Crippen LogP contribution in [0.3, 0.4) is 0 Å². The van der Waals surface area contributed by atoms with E-state index in [4.69, 9.17) is 10.4 Å². The van der Waals surface area contributed by atoms with Gasteiger partial charge in [-0.05, 0) is 31.1 Å². The van der Waals surface area contributed by atoms with Gasteiger partial charge in [-0.2, -0.15) is 5.26 Å². The summed E-state index contributed by atoms with van der Waals surface area (Å²) in [5.41, 5.74) is 0.473. The molecule has 3 nitrogen and oxygen atoms in total. The Balaban J connectivity index is 3.07. The van der Waals surface area contributed by atoms with E-state index in [-0.39, 0.29) is 6.61 Å². The normalized spacial score (nSPS) is 24.1. The first-order valence-electron chi connectivity index (χ1n) is 4.53. The second-order valence-electron chi connectivity index (χ2n) is 3.60. The summed E-state index contributed by atoms with van der Waals surface area (Å²) in [7, 11) is 0. The third kappa shape index (κ3) is 2.80. The van der Waals surface area contributed by atoms with Gasteiger partial charge in [-0.15, -0.1) is 0 Å². The molecule has 1 aliphatic carbocycles. The molecule has 15 heavy (non-hydrogen) atoms. The molecule has 3 heteroatoms. The third-order valence-electron chi connectivity index (χ3n) is 2.12. The molecular weight excluding hydrogens is 190 g/mol. The Morgan fingerprint density at radius 2 is 2.47 bits per heavy atom. The lowest BCUT2D eigenvalue weighted by atomic mass is 9.79. The Labute approximate surface area is 88.7 Å².